The van der Waals surface area contributed by atoms with E-state index in [4.69, 9.17) is 0 Å². The second kappa shape index (κ2) is 4.24. The van der Waals surface area contributed by atoms with Crippen LogP contribution in [0.5, 0.6) is 0 Å². The number of para-hydroxylation sites is 1. The van der Waals surface area contributed by atoms with E-state index in [-0.39, 0.29) is 5.69 Å². The number of rotatable bonds is 3. The molecule has 96 valence electrons. The van der Waals surface area contributed by atoms with E-state index in [9.17, 15) is 9.90 Å². The van der Waals surface area contributed by atoms with Crippen molar-refractivity contribution in [3.05, 3.63) is 47.9 Å². The number of hydrogen-bond donors (Lipinski definition) is 1. The van der Waals surface area contributed by atoms with Gasteiger partial charge in [-0.05, 0) is 6.07 Å². The van der Waals surface area contributed by atoms with Crippen LogP contribution in [0.15, 0.2) is 36.7 Å². The third-order valence-corrected chi connectivity index (χ3v) is 2.95. The van der Waals surface area contributed by atoms with E-state index in [0.717, 1.165) is 11.1 Å². The van der Waals surface area contributed by atoms with Crippen molar-refractivity contribution in [3.63, 3.8) is 0 Å². The second-order valence-electron chi connectivity index (χ2n) is 4.35. The number of carboxylic acids is 1. The number of hydrogen-bond acceptors (Lipinski definition) is 3. The number of benzene rings is 1. The van der Waals surface area contributed by atoms with Gasteiger partial charge in [-0.3, -0.25) is 9.36 Å². The maximum absolute atomic E-state index is 11.2. The third-order valence-electron chi connectivity index (χ3n) is 2.95. The lowest BCUT2D eigenvalue weighted by Crippen LogP contribution is -2.04. The molecule has 0 aliphatic heterocycles. The topological polar surface area (TPSA) is 72.9 Å². The van der Waals surface area contributed by atoms with Gasteiger partial charge in [0, 0.05) is 24.2 Å². The zero-order chi connectivity index (χ0) is 13.4. The number of aromatic nitrogens is 4. The van der Waals surface area contributed by atoms with Crippen molar-refractivity contribution in [1.82, 2.24) is 19.6 Å². The molecular weight excluding hydrogens is 244 g/mol. The Labute approximate surface area is 108 Å². The van der Waals surface area contributed by atoms with E-state index in [1.165, 1.54) is 0 Å². The zero-order valence-electron chi connectivity index (χ0n) is 10.3. The maximum atomic E-state index is 11.2. The average Bonchev–Trinajstić information content (AvgIpc) is 2.95. The van der Waals surface area contributed by atoms with Crippen LogP contribution in [-0.2, 0) is 13.6 Å². The largest absolute Gasteiger partial charge is 0.476 e. The molecule has 0 unspecified atom stereocenters. The first-order chi connectivity index (χ1) is 9.15. The fourth-order valence-corrected chi connectivity index (χ4v) is 2.13. The summed E-state index contributed by atoms with van der Waals surface area (Å²) in [5, 5.41) is 18.1. The van der Waals surface area contributed by atoms with Crippen LogP contribution in [0.1, 0.15) is 16.1 Å². The highest BCUT2D eigenvalue weighted by Gasteiger charge is 2.15. The lowest BCUT2D eigenvalue weighted by Gasteiger charge is -2.00. The van der Waals surface area contributed by atoms with Gasteiger partial charge in [0.2, 0.25) is 0 Å². The Bertz CT molecular complexity index is 757. The van der Waals surface area contributed by atoms with Crippen molar-refractivity contribution in [2.45, 2.75) is 6.54 Å². The molecule has 0 aliphatic rings. The van der Waals surface area contributed by atoms with Crippen molar-refractivity contribution in [2.24, 2.45) is 7.05 Å². The predicted molar refractivity (Wildman–Crippen MR) is 69.0 cm³/mol. The van der Waals surface area contributed by atoms with Crippen LogP contribution in [0.2, 0.25) is 0 Å². The molecule has 6 nitrogen and oxygen atoms in total. The third kappa shape index (κ3) is 1.97. The normalized spacial score (nSPS) is 11.0. The van der Waals surface area contributed by atoms with Gasteiger partial charge in [0.1, 0.15) is 0 Å². The standard InChI is InChI=1S/C13H12N4O2/c1-16-7-9(6-14-16)8-17-11-5-3-2-4-10(11)12(15-17)13(18)19/h2-7H,8H2,1H3,(H,18,19). The van der Waals surface area contributed by atoms with Crippen LogP contribution in [0.4, 0.5) is 0 Å². The molecule has 1 N–H and O–H groups in total. The minimum atomic E-state index is -1.01. The molecule has 0 amide bonds. The summed E-state index contributed by atoms with van der Waals surface area (Å²) < 4.78 is 3.40. The lowest BCUT2D eigenvalue weighted by molar-refractivity contribution is 0.0691. The zero-order valence-corrected chi connectivity index (χ0v) is 10.3. The van der Waals surface area contributed by atoms with E-state index in [0.29, 0.717) is 11.9 Å². The SMILES string of the molecule is Cn1cc(Cn2nc(C(=O)O)c3ccccc32)cn1. The molecule has 0 radical (unpaired) electrons. The smallest absolute Gasteiger partial charge is 0.357 e. The number of aryl methyl sites for hydroxylation is 1. The van der Waals surface area contributed by atoms with E-state index in [1.807, 2.05) is 31.4 Å². The molecule has 0 atom stereocenters. The number of nitrogens with zero attached hydrogens (tertiary/aromatic N) is 4. The molecule has 0 saturated heterocycles. The van der Waals surface area contributed by atoms with Crippen molar-refractivity contribution in [1.29, 1.82) is 0 Å². The Kier molecular flexibility index (Phi) is 2.56. The van der Waals surface area contributed by atoms with Gasteiger partial charge in [-0.2, -0.15) is 10.2 Å². The summed E-state index contributed by atoms with van der Waals surface area (Å²) in [5.41, 5.74) is 1.87. The van der Waals surface area contributed by atoms with Crippen LogP contribution in [0.25, 0.3) is 10.9 Å². The predicted octanol–water partition coefficient (Wildman–Crippen LogP) is 1.52. The average molecular weight is 256 g/mol. The Morgan fingerprint density at radius 2 is 2.16 bits per heavy atom. The summed E-state index contributed by atoms with van der Waals surface area (Å²) in [7, 11) is 1.84. The van der Waals surface area contributed by atoms with Gasteiger partial charge in [-0.1, -0.05) is 18.2 Å². The van der Waals surface area contributed by atoms with E-state index < -0.39 is 5.97 Å². The number of carboxylic acid groups (broad SMARTS) is 1. The maximum Gasteiger partial charge on any atom is 0.357 e. The number of fused-ring (bicyclic) bond motifs is 1. The molecule has 2 aromatic heterocycles. The first kappa shape index (κ1) is 11.5. The fraction of sp³-hybridized carbons (Fsp3) is 0.154. The van der Waals surface area contributed by atoms with Gasteiger partial charge in [-0.25, -0.2) is 4.79 Å². The molecule has 3 rings (SSSR count). The second-order valence-corrected chi connectivity index (χ2v) is 4.35. The van der Waals surface area contributed by atoms with Gasteiger partial charge in [0.05, 0.1) is 18.3 Å². The molecule has 0 spiro atoms. The van der Waals surface area contributed by atoms with Crippen molar-refractivity contribution in [3.8, 4) is 0 Å². The van der Waals surface area contributed by atoms with Crippen molar-refractivity contribution < 1.29 is 9.90 Å². The first-order valence-electron chi connectivity index (χ1n) is 5.81. The molecule has 0 saturated carbocycles. The van der Waals surface area contributed by atoms with E-state index in [2.05, 4.69) is 10.2 Å². The number of carbonyl (C=O) groups is 1. The van der Waals surface area contributed by atoms with Crippen molar-refractivity contribution >= 4 is 16.9 Å². The van der Waals surface area contributed by atoms with Crippen LogP contribution in [-0.4, -0.2) is 30.6 Å². The summed E-state index contributed by atoms with van der Waals surface area (Å²) in [5.74, 6) is -1.01. The number of aromatic carboxylic acids is 1. The van der Waals surface area contributed by atoms with Crippen LogP contribution >= 0.6 is 0 Å². The monoisotopic (exact) mass is 256 g/mol. The van der Waals surface area contributed by atoms with Crippen LogP contribution in [0, 0.1) is 0 Å². The fourth-order valence-electron chi connectivity index (χ4n) is 2.13. The van der Waals surface area contributed by atoms with Crippen LogP contribution < -0.4 is 0 Å². The van der Waals surface area contributed by atoms with Crippen molar-refractivity contribution in [2.75, 3.05) is 0 Å². The van der Waals surface area contributed by atoms with Gasteiger partial charge in [-0.15, -0.1) is 0 Å². The highest BCUT2D eigenvalue weighted by atomic mass is 16.4. The van der Waals surface area contributed by atoms with Crippen LogP contribution in [0.3, 0.4) is 0 Å². The van der Waals surface area contributed by atoms with Gasteiger partial charge < -0.3 is 5.11 Å². The Balaban J connectivity index is 2.11. The molecule has 6 heteroatoms. The molecule has 0 bridgehead atoms. The molecule has 0 fully saturated rings. The molecule has 2 heterocycles. The van der Waals surface area contributed by atoms with Gasteiger partial charge in [0.25, 0.3) is 0 Å². The summed E-state index contributed by atoms with van der Waals surface area (Å²) >= 11 is 0. The molecule has 3 aromatic rings. The summed E-state index contributed by atoms with van der Waals surface area (Å²) in [6, 6.07) is 7.32. The van der Waals surface area contributed by atoms with Gasteiger partial charge in [0.15, 0.2) is 5.69 Å². The Hall–Kier alpha value is -2.63. The minimum absolute atomic E-state index is 0.0829. The highest BCUT2D eigenvalue weighted by molar-refractivity contribution is 6.01. The Morgan fingerprint density at radius 3 is 2.84 bits per heavy atom. The summed E-state index contributed by atoms with van der Waals surface area (Å²) in [6.07, 6.45) is 3.63. The Morgan fingerprint density at radius 1 is 1.37 bits per heavy atom. The lowest BCUT2D eigenvalue weighted by atomic mass is 10.2. The van der Waals surface area contributed by atoms with Gasteiger partial charge >= 0.3 is 5.97 Å². The summed E-state index contributed by atoms with van der Waals surface area (Å²) in [6.45, 7) is 0.502. The first-order valence-corrected chi connectivity index (χ1v) is 5.81. The quantitative estimate of drug-likeness (QED) is 0.771. The summed E-state index contributed by atoms with van der Waals surface area (Å²) in [4.78, 5) is 11.2. The molecule has 1 aromatic carbocycles. The van der Waals surface area contributed by atoms with E-state index >= 15 is 0 Å². The molecular formula is C13H12N4O2. The molecule has 0 aliphatic carbocycles. The minimum Gasteiger partial charge on any atom is -0.476 e. The van der Waals surface area contributed by atoms with E-state index in [1.54, 1.807) is 21.6 Å². The highest BCUT2D eigenvalue weighted by Crippen LogP contribution is 2.19. The molecule has 19 heavy (non-hydrogen) atoms.